The van der Waals surface area contributed by atoms with Gasteiger partial charge in [0.05, 0.1) is 3.57 Å². The van der Waals surface area contributed by atoms with E-state index in [-0.39, 0.29) is 0 Å². The number of hydrogen-bond acceptors (Lipinski definition) is 0. The van der Waals surface area contributed by atoms with Gasteiger partial charge in [-0.05, 0) is 28.7 Å². The van der Waals surface area contributed by atoms with Crippen LogP contribution in [0.5, 0.6) is 0 Å². The molecule has 8 heavy (non-hydrogen) atoms. The van der Waals surface area contributed by atoms with E-state index in [9.17, 15) is 0 Å². The Morgan fingerprint density at radius 3 is 2.25 bits per heavy atom. The fourth-order valence-electron chi connectivity index (χ4n) is 0.498. The summed E-state index contributed by atoms with van der Waals surface area (Å²) in [5.41, 5.74) is 4.92. The molecular weight excluding hydrogens is 213 g/mol. The minimum Gasteiger partial charge on any atom is -0.324 e. The molecule has 0 saturated carbocycles. The van der Waals surface area contributed by atoms with Crippen molar-refractivity contribution in [2.24, 2.45) is 0 Å². The van der Waals surface area contributed by atoms with Gasteiger partial charge >= 0.3 is 0 Å². The third-order valence-electron chi connectivity index (χ3n) is 0.958. The van der Waals surface area contributed by atoms with Crippen molar-refractivity contribution in [2.45, 2.75) is 0 Å². The van der Waals surface area contributed by atoms with Gasteiger partial charge in [-0.1, -0.05) is 12.1 Å². The molecule has 3 N–H and O–H groups in total. The Morgan fingerprint density at radius 1 is 1.25 bits per heavy atom. The molecule has 0 amide bonds. The van der Waals surface area contributed by atoms with Crippen LogP contribution in [-0.2, 0) is 0 Å². The van der Waals surface area contributed by atoms with E-state index >= 15 is 0 Å². The van der Waals surface area contributed by atoms with E-state index in [1.54, 1.807) is 0 Å². The molecule has 0 saturated heterocycles. The van der Waals surface area contributed by atoms with E-state index in [0.717, 1.165) is 5.69 Å². The van der Waals surface area contributed by atoms with Crippen LogP contribution >= 0.6 is 22.6 Å². The minimum atomic E-state index is 1.10. The smallest absolute Gasteiger partial charge is 0.141 e. The second-order valence-electron chi connectivity index (χ2n) is 1.59. The Morgan fingerprint density at radius 2 is 1.88 bits per heavy atom. The van der Waals surface area contributed by atoms with Crippen LogP contribution in [0.1, 0.15) is 0 Å². The van der Waals surface area contributed by atoms with Crippen molar-refractivity contribution in [2.75, 3.05) is 0 Å². The lowest BCUT2D eigenvalue weighted by atomic mass is 10.3. The normalized spacial score (nSPS) is 9.25. The van der Waals surface area contributed by atoms with E-state index in [1.165, 1.54) is 3.57 Å². The molecule has 0 aliphatic rings. The zero-order valence-electron chi connectivity index (χ0n) is 4.39. The van der Waals surface area contributed by atoms with Gasteiger partial charge in [0.25, 0.3) is 0 Å². The Labute approximate surface area is 62.0 Å². The van der Waals surface area contributed by atoms with E-state index in [0.29, 0.717) is 0 Å². The number of quaternary nitrogens is 1. The van der Waals surface area contributed by atoms with Crippen molar-refractivity contribution in [1.82, 2.24) is 0 Å². The number of hydrogen-bond donors (Lipinski definition) is 1. The molecule has 0 aliphatic carbocycles. The van der Waals surface area contributed by atoms with E-state index in [4.69, 9.17) is 0 Å². The summed E-state index contributed by atoms with van der Waals surface area (Å²) in [4.78, 5) is 0. The molecule has 1 rings (SSSR count). The largest absolute Gasteiger partial charge is 0.324 e. The van der Waals surface area contributed by atoms with E-state index in [1.807, 2.05) is 24.3 Å². The molecule has 0 radical (unpaired) electrons. The third-order valence-corrected chi connectivity index (χ3v) is 2.01. The molecule has 0 aliphatic heterocycles. The van der Waals surface area contributed by atoms with Gasteiger partial charge in [-0.15, -0.1) is 0 Å². The van der Waals surface area contributed by atoms with Crippen LogP contribution in [0.2, 0.25) is 0 Å². The van der Waals surface area contributed by atoms with Gasteiger partial charge in [-0.25, -0.2) is 0 Å². The maximum absolute atomic E-state index is 3.81. The fraction of sp³-hybridized carbons (Fsp3) is 0. The quantitative estimate of drug-likeness (QED) is 0.635. The summed E-state index contributed by atoms with van der Waals surface area (Å²) in [6.07, 6.45) is 0. The first kappa shape index (κ1) is 6.04. The van der Waals surface area contributed by atoms with Crippen molar-refractivity contribution in [3.8, 4) is 0 Å². The van der Waals surface area contributed by atoms with Crippen LogP contribution in [0.15, 0.2) is 24.3 Å². The molecule has 1 aromatic rings. The molecule has 0 atom stereocenters. The molecule has 0 heterocycles. The second kappa shape index (κ2) is 2.46. The van der Waals surface area contributed by atoms with E-state index < -0.39 is 0 Å². The molecule has 42 valence electrons. The average molecular weight is 220 g/mol. The molecule has 0 bridgehead atoms. The SMILES string of the molecule is [NH3+]c1ccccc1I. The predicted octanol–water partition coefficient (Wildman–Crippen LogP) is 1.16. The summed E-state index contributed by atoms with van der Waals surface area (Å²) < 4.78 is 1.23. The molecular formula is C6H7IN+. The van der Waals surface area contributed by atoms with Crippen LogP contribution in [0.3, 0.4) is 0 Å². The highest BCUT2D eigenvalue weighted by atomic mass is 127. The summed E-state index contributed by atoms with van der Waals surface area (Å²) in [5.74, 6) is 0. The predicted molar refractivity (Wildman–Crippen MR) is 41.7 cm³/mol. The highest BCUT2D eigenvalue weighted by molar-refractivity contribution is 14.1. The van der Waals surface area contributed by atoms with Gasteiger partial charge in [0.15, 0.2) is 0 Å². The maximum Gasteiger partial charge on any atom is 0.141 e. The molecule has 1 nitrogen and oxygen atoms in total. The van der Waals surface area contributed by atoms with Gasteiger partial charge in [0.1, 0.15) is 5.69 Å². The Bertz CT molecular complexity index is 165. The molecule has 1 aromatic carbocycles. The molecule has 0 spiro atoms. The Hall–Kier alpha value is -0.0900. The number of rotatable bonds is 0. The highest BCUT2D eigenvalue weighted by Crippen LogP contribution is 2.09. The second-order valence-corrected chi connectivity index (χ2v) is 2.75. The van der Waals surface area contributed by atoms with Gasteiger partial charge in [-0.2, -0.15) is 0 Å². The van der Waals surface area contributed by atoms with Crippen LogP contribution in [-0.4, -0.2) is 0 Å². The van der Waals surface area contributed by atoms with Crippen LogP contribution < -0.4 is 5.73 Å². The lowest BCUT2D eigenvalue weighted by Crippen LogP contribution is -2.41. The van der Waals surface area contributed by atoms with Crippen molar-refractivity contribution in [1.29, 1.82) is 0 Å². The van der Waals surface area contributed by atoms with Gasteiger partial charge in [-0.3, -0.25) is 0 Å². The number of halogens is 1. The van der Waals surface area contributed by atoms with Crippen molar-refractivity contribution >= 4 is 28.3 Å². The zero-order chi connectivity index (χ0) is 5.98. The summed E-state index contributed by atoms with van der Waals surface area (Å²) in [7, 11) is 0. The minimum absolute atomic E-state index is 1.10. The van der Waals surface area contributed by atoms with Crippen LogP contribution in [0, 0.1) is 3.57 Å². The summed E-state index contributed by atoms with van der Waals surface area (Å²) in [6, 6.07) is 8.05. The van der Waals surface area contributed by atoms with Crippen molar-refractivity contribution in [3.63, 3.8) is 0 Å². The first-order valence-corrected chi connectivity index (χ1v) is 3.45. The van der Waals surface area contributed by atoms with Gasteiger partial charge in [0, 0.05) is 6.07 Å². The van der Waals surface area contributed by atoms with Crippen LogP contribution in [0.4, 0.5) is 5.69 Å². The average Bonchev–Trinajstić information content (AvgIpc) is 1.77. The summed E-state index contributed by atoms with van der Waals surface area (Å²) in [6.45, 7) is 0. The molecule has 2 heteroatoms. The Kier molecular flexibility index (Phi) is 1.85. The lowest BCUT2D eigenvalue weighted by Gasteiger charge is -1.87. The summed E-state index contributed by atoms with van der Waals surface area (Å²) in [5, 5.41) is 0. The van der Waals surface area contributed by atoms with E-state index in [2.05, 4.69) is 28.3 Å². The lowest BCUT2D eigenvalue weighted by molar-refractivity contribution is -0.256. The third kappa shape index (κ3) is 1.20. The van der Waals surface area contributed by atoms with Crippen LogP contribution in [0.25, 0.3) is 0 Å². The molecule has 0 aromatic heterocycles. The van der Waals surface area contributed by atoms with Crippen molar-refractivity contribution < 1.29 is 5.73 Å². The monoisotopic (exact) mass is 220 g/mol. The van der Waals surface area contributed by atoms with Gasteiger partial charge in [0.2, 0.25) is 0 Å². The first-order chi connectivity index (χ1) is 3.80. The highest BCUT2D eigenvalue weighted by Gasteiger charge is 1.91. The zero-order valence-corrected chi connectivity index (χ0v) is 6.55. The topological polar surface area (TPSA) is 27.6 Å². The molecule has 0 fully saturated rings. The summed E-state index contributed by atoms with van der Waals surface area (Å²) >= 11 is 2.26. The number of benzene rings is 1. The van der Waals surface area contributed by atoms with Gasteiger partial charge < -0.3 is 5.73 Å². The first-order valence-electron chi connectivity index (χ1n) is 2.37. The molecule has 0 unspecified atom stereocenters. The van der Waals surface area contributed by atoms with Crippen molar-refractivity contribution in [3.05, 3.63) is 27.8 Å². The standard InChI is InChI=1S/C6H6IN/c7-5-3-1-2-4-6(5)8/h1-4H,8H2/p+1. The maximum atomic E-state index is 3.81. The Balaban J connectivity index is 3.13. The fourth-order valence-corrected chi connectivity index (χ4v) is 0.886.